The number of carbonyl (C=O) groups excluding carboxylic acids is 1. The number of likely N-dealkylation sites (tertiary alicyclic amines) is 1. The van der Waals surface area contributed by atoms with E-state index in [9.17, 15) is 27.9 Å². The Bertz CT molecular complexity index is 1160. The number of pyridine rings is 1. The number of halogens is 3. The second-order valence-electron chi connectivity index (χ2n) is 11.1. The Morgan fingerprint density at radius 3 is 2.43 bits per heavy atom. The maximum absolute atomic E-state index is 13.0. The molecule has 1 saturated heterocycles. The molecule has 2 amide bonds. The Morgan fingerprint density at radius 2 is 1.84 bits per heavy atom. The number of amides is 2. The number of benzene rings is 1. The lowest BCUT2D eigenvalue weighted by Crippen LogP contribution is -2.42. The van der Waals surface area contributed by atoms with Gasteiger partial charge in [-0.2, -0.15) is 13.2 Å². The maximum Gasteiger partial charge on any atom is 0.417 e. The largest absolute Gasteiger partial charge is 0.465 e. The van der Waals surface area contributed by atoms with Crippen LogP contribution in [0.25, 0.3) is 0 Å². The number of anilines is 1. The number of aryl methyl sites for hydroxylation is 1. The van der Waals surface area contributed by atoms with Gasteiger partial charge in [0, 0.05) is 43.3 Å². The summed E-state index contributed by atoms with van der Waals surface area (Å²) in [5, 5.41) is 12.1. The van der Waals surface area contributed by atoms with Gasteiger partial charge in [-0.1, -0.05) is 26.8 Å². The molecular weight excluding hydrogens is 503 g/mol. The molecule has 2 N–H and O–H groups in total. The molecule has 7 nitrogen and oxygen atoms in total. The minimum Gasteiger partial charge on any atom is -0.465 e. The van der Waals surface area contributed by atoms with Crippen molar-refractivity contribution in [3.63, 3.8) is 0 Å². The van der Waals surface area contributed by atoms with E-state index in [4.69, 9.17) is 4.43 Å². The quantitative estimate of drug-likeness (QED) is 0.418. The molecule has 2 atom stereocenters. The first kappa shape index (κ1) is 28.6. The number of carbonyl (C=O) groups is 2. The van der Waals surface area contributed by atoms with Crippen molar-refractivity contribution >= 4 is 26.0 Å². The van der Waals surface area contributed by atoms with Gasteiger partial charge in [0.25, 0.3) is 5.91 Å². The molecule has 1 aromatic carbocycles. The van der Waals surface area contributed by atoms with E-state index in [1.807, 2.05) is 6.92 Å². The highest BCUT2D eigenvalue weighted by Gasteiger charge is 2.41. The fourth-order valence-electron chi connectivity index (χ4n) is 4.13. The van der Waals surface area contributed by atoms with Crippen molar-refractivity contribution in [1.82, 2.24) is 9.88 Å². The number of alkyl halides is 3. The topological polar surface area (TPSA) is 91.8 Å². The molecule has 202 valence electrons. The van der Waals surface area contributed by atoms with Crippen LogP contribution in [0, 0.1) is 12.8 Å². The van der Waals surface area contributed by atoms with Crippen molar-refractivity contribution in [3.05, 3.63) is 58.9 Å². The van der Waals surface area contributed by atoms with Crippen molar-refractivity contribution in [1.29, 1.82) is 0 Å². The summed E-state index contributed by atoms with van der Waals surface area (Å²) in [7, 11) is -2.07. The van der Waals surface area contributed by atoms with Gasteiger partial charge >= 0.3 is 12.3 Å². The fourth-order valence-corrected chi connectivity index (χ4v) is 5.19. The summed E-state index contributed by atoms with van der Waals surface area (Å²) in [5.41, 5.74) is 0.949. The van der Waals surface area contributed by atoms with Gasteiger partial charge in [0.15, 0.2) is 8.32 Å². The molecule has 1 aliphatic heterocycles. The molecule has 1 fully saturated rings. The molecule has 0 spiro atoms. The van der Waals surface area contributed by atoms with Crippen molar-refractivity contribution in [2.24, 2.45) is 5.92 Å². The van der Waals surface area contributed by atoms with Crippen LogP contribution in [0.15, 0.2) is 36.7 Å². The summed E-state index contributed by atoms with van der Waals surface area (Å²) >= 11 is 0. The zero-order valence-corrected chi connectivity index (χ0v) is 22.9. The average molecular weight is 538 g/mol. The molecule has 0 radical (unpaired) electrons. The summed E-state index contributed by atoms with van der Waals surface area (Å²) in [5.74, 6) is -0.872. The van der Waals surface area contributed by atoms with E-state index in [0.29, 0.717) is 19.3 Å². The predicted molar refractivity (Wildman–Crippen MR) is 137 cm³/mol. The van der Waals surface area contributed by atoms with Crippen molar-refractivity contribution in [2.45, 2.75) is 57.9 Å². The summed E-state index contributed by atoms with van der Waals surface area (Å²) in [6.45, 7) is 13.6. The lowest BCUT2D eigenvalue weighted by molar-refractivity contribution is -0.137. The van der Waals surface area contributed by atoms with Gasteiger partial charge in [-0.15, -0.1) is 0 Å². The smallest absolute Gasteiger partial charge is 0.417 e. The molecular formula is C26H34F3N3O4Si. The standard InChI is InChI=1S/C26H34F3N3O4Si/c1-16-7-8-17(23(33)31-20-10-19(11-30-12-20)26(27,28)29)9-21(16)22-14-32(24(34)35)13-18(22)15-36-37(5,6)25(2,3)4/h7-12,18,22H,13-15H2,1-6H3,(H,31,33)(H,34,35)/t18-,22+/m0/s1. The third-order valence-electron chi connectivity index (χ3n) is 7.44. The molecule has 0 saturated carbocycles. The van der Waals surface area contributed by atoms with Crippen LogP contribution < -0.4 is 5.32 Å². The SMILES string of the molecule is Cc1ccc(C(=O)Nc2cncc(C(F)(F)F)c2)cc1[C@@H]1CN(C(=O)O)C[C@H]1CO[Si](C)(C)C(C)(C)C. The monoisotopic (exact) mass is 537 g/mol. The first-order chi connectivity index (χ1) is 17.0. The highest BCUT2D eigenvalue weighted by molar-refractivity contribution is 6.74. The molecule has 1 aliphatic rings. The van der Waals surface area contributed by atoms with E-state index >= 15 is 0 Å². The maximum atomic E-state index is 13.0. The lowest BCUT2D eigenvalue weighted by atomic mass is 9.86. The van der Waals surface area contributed by atoms with E-state index in [1.54, 1.807) is 18.2 Å². The summed E-state index contributed by atoms with van der Waals surface area (Å²) < 4.78 is 45.5. The van der Waals surface area contributed by atoms with Gasteiger partial charge in [0.05, 0.1) is 17.4 Å². The van der Waals surface area contributed by atoms with Crippen LogP contribution in [-0.2, 0) is 10.6 Å². The van der Waals surface area contributed by atoms with Crippen molar-refractivity contribution in [2.75, 3.05) is 25.0 Å². The number of aromatic nitrogens is 1. The van der Waals surface area contributed by atoms with Gasteiger partial charge in [-0.25, -0.2) is 4.79 Å². The Labute approximate surface area is 216 Å². The van der Waals surface area contributed by atoms with E-state index < -0.39 is 32.1 Å². The summed E-state index contributed by atoms with van der Waals surface area (Å²) in [6.07, 6.45) is -3.74. The minimum atomic E-state index is -4.58. The Balaban J connectivity index is 1.86. The van der Waals surface area contributed by atoms with Gasteiger partial charge in [0.1, 0.15) is 0 Å². The normalized spacial score (nSPS) is 18.7. The zero-order chi connectivity index (χ0) is 27.8. The van der Waals surface area contributed by atoms with Gasteiger partial charge < -0.3 is 19.7 Å². The number of nitrogens with zero attached hydrogens (tertiary/aromatic N) is 2. The number of hydrogen-bond acceptors (Lipinski definition) is 4. The third kappa shape index (κ3) is 6.69. The highest BCUT2D eigenvalue weighted by atomic mass is 28.4. The van der Waals surface area contributed by atoms with Crippen LogP contribution in [-0.4, -0.2) is 55.0 Å². The fraction of sp³-hybridized carbons (Fsp3) is 0.500. The van der Waals surface area contributed by atoms with E-state index in [1.165, 1.54) is 4.90 Å². The predicted octanol–water partition coefficient (Wildman–Crippen LogP) is 6.38. The molecule has 0 aliphatic carbocycles. The van der Waals surface area contributed by atoms with Gasteiger partial charge in [-0.3, -0.25) is 9.78 Å². The summed E-state index contributed by atoms with van der Waals surface area (Å²) in [6, 6.07) is 5.89. The first-order valence-electron chi connectivity index (χ1n) is 12.1. The van der Waals surface area contributed by atoms with Crippen LogP contribution in [0.1, 0.15) is 53.7 Å². The van der Waals surface area contributed by atoms with Crippen molar-refractivity contribution in [3.8, 4) is 0 Å². The van der Waals surface area contributed by atoms with E-state index in [2.05, 4.69) is 44.2 Å². The van der Waals surface area contributed by atoms with Gasteiger partial charge in [-0.05, 0) is 54.4 Å². The second kappa shape index (κ2) is 10.4. The van der Waals surface area contributed by atoms with Crippen LogP contribution in [0.3, 0.4) is 0 Å². The Hall–Kier alpha value is -2.92. The van der Waals surface area contributed by atoms with Gasteiger partial charge in [0.2, 0.25) is 0 Å². The highest BCUT2D eigenvalue weighted by Crippen LogP contribution is 2.40. The Morgan fingerprint density at radius 1 is 1.16 bits per heavy atom. The van der Waals surface area contributed by atoms with E-state index in [-0.39, 0.29) is 34.7 Å². The number of rotatable bonds is 6. The zero-order valence-electron chi connectivity index (χ0n) is 21.9. The summed E-state index contributed by atoms with van der Waals surface area (Å²) in [4.78, 5) is 29.7. The molecule has 37 heavy (non-hydrogen) atoms. The second-order valence-corrected chi connectivity index (χ2v) is 15.9. The third-order valence-corrected chi connectivity index (χ3v) is 11.9. The molecule has 0 bridgehead atoms. The van der Waals surface area contributed by atoms with Crippen LogP contribution in [0.2, 0.25) is 18.1 Å². The van der Waals surface area contributed by atoms with Crippen molar-refractivity contribution < 1.29 is 32.3 Å². The first-order valence-corrected chi connectivity index (χ1v) is 15.0. The molecule has 2 aromatic rings. The molecule has 2 heterocycles. The number of nitrogens with one attached hydrogen (secondary N) is 1. The van der Waals surface area contributed by atoms with Crippen LogP contribution in [0.4, 0.5) is 23.7 Å². The molecule has 3 rings (SSSR count). The minimum absolute atomic E-state index is 0.000215. The van der Waals surface area contributed by atoms with Crippen LogP contribution in [0.5, 0.6) is 0 Å². The number of hydrogen-bond donors (Lipinski definition) is 2. The molecule has 11 heteroatoms. The van der Waals surface area contributed by atoms with Crippen LogP contribution >= 0.6 is 0 Å². The molecule has 1 aromatic heterocycles. The Kier molecular flexibility index (Phi) is 8.09. The molecule has 0 unspecified atom stereocenters. The lowest BCUT2D eigenvalue weighted by Gasteiger charge is -2.37. The average Bonchev–Trinajstić information content (AvgIpc) is 3.21. The number of carboxylic acid groups (broad SMARTS) is 1. The van der Waals surface area contributed by atoms with E-state index in [0.717, 1.165) is 23.4 Å².